The Labute approximate surface area is 120 Å². The van der Waals surface area contributed by atoms with Crippen molar-refractivity contribution in [3.8, 4) is 5.75 Å². The van der Waals surface area contributed by atoms with Gasteiger partial charge < -0.3 is 10.2 Å². The van der Waals surface area contributed by atoms with Gasteiger partial charge >= 0.3 is 5.97 Å². The highest BCUT2D eigenvalue weighted by Crippen LogP contribution is 2.09. The lowest BCUT2D eigenvalue weighted by molar-refractivity contribution is 0.0696. The minimum atomic E-state index is -1.00. The number of hydrazone groups is 1. The largest absolute Gasteiger partial charge is 0.508 e. The third-order valence-electron chi connectivity index (χ3n) is 2.67. The van der Waals surface area contributed by atoms with E-state index in [0.717, 1.165) is 0 Å². The van der Waals surface area contributed by atoms with E-state index in [1.165, 1.54) is 42.6 Å². The van der Waals surface area contributed by atoms with Gasteiger partial charge in [-0.1, -0.05) is 12.1 Å². The van der Waals surface area contributed by atoms with Gasteiger partial charge in [-0.05, 0) is 42.0 Å². The number of carboxylic acid groups (broad SMARTS) is 1. The Morgan fingerprint density at radius 3 is 2.10 bits per heavy atom. The summed E-state index contributed by atoms with van der Waals surface area (Å²) < 4.78 is 0. The van der Waals surface area contributed by atoms with Crippen LogP contribution in [-0.2, 0) is 0 Å². The smallest absolute Gasteiger partial charge is 0.335 e. The van der Waals surface area contributed by atoms with E-state index in [2.05, 4.69) is 10.5 Å². The first-order chi connectivity index (χ1) is 10.1. The second-order valence-electron chi connectivity index (χ2n) is 4.17. The summed E-state index contributed by atoms with van der Waals surface area (Å²) in [6.07, 6.45) is 1.41. The molecule has 0 saturated carbocycles. The monoisotopic (exact) mass is 284 g/mol. The molecule has 0 spiro atoms. The van der Waals surface area contributed by atoms with Crippen LogP contribution in [0, 0.1) is 0 Å². The van der Waals surface area contributed by atoms with Gasteiger partial charge in [0.2, 0.25) is 0 Å². The van der Waals surface area contributed by atoms with Gasteiger partial charge in [-0.3, -0.25) is 4.79 Å². The molecule has 6 heteroatoms. The van der Waals surface area contributed by atoms with Crippen molar-refractivity contribution < 1.29 is 19.8 Å². The minimum Gasteiger partial charge on any atom is -0.508 e. The molecule has 1 amide bonds. The Morgan fingerprint density at radius 2 is 1.52 bits per heavy atom. The fraction of sp³-hybridized carbons (Fsp3) is 0. The molecule has 0 heterocycles. The SMILES string of the molecule is O=C(O)c1ccc(/C=N/NC(=O)c2ccc(O)cc2)cc1. The Morgan fingerprint density at radius 1 is 0.952 bits per heavy atom. The second kappa shape index (κ2) is 6.33. The number of rotatable bonds is 4. The van der Waals surface area contributed by atoms with Gasteiger partial charge in [-0.2, -0.15) is 5.10 Å². The average molecular weight is 284 g/mol. The van der Waals surface area contributed by atoms with Gasteiger partial charge in [-0.25, -0.2) is 10.2 Å². The highest BCUT2D eigenvalue weighted by molar-refractivity contribution is 5.95. The molecule has 0 atom stereocenters. The van der Waals surface area contributed by atoms with E-state index < -0.39 is 11.9 Å². The number of aromatic carboxylic acids is 1. The number of nitrogens with one attached hydrogen (secondary N) is 1. The normalized spacial score (nSPS) is 10.5. The molecule has 0 bridgehead atoms. The molecule has 2 rings (SSSR count). The lowest BCUT2D eigenvalue weighted by atomic mass is 10.1. The maximum Gasteiger partial charge on any atom is 0.335 e. The molecule has 106 valence electrons. The van der Waals surface area contributed by atoms with Crippen LogP contribution in [-0.4, -0.2) is 28.3 Å². The first-order valence-corrected chi connectivity index (χ1v) is 6.02. The van der Waals surface area contributed by atoms with Gasteiger partial charge in [0, 0.05) is 5.56 Å². The third kappa shape index (κ3) is 3.90. The number of carboxylic acids is 1. The summed E-state index contributed by atoms with van der Waals surface area (Å²) in [6, 6.07) is 11.8. The molecule has 2 aromatic rings. The van der Waals surface area contributed by atoms with Crippen molar-refractivity contribution in [3.05, 3.63) is 65.2 Å². The van der Waals surface area contributed by atoms with Crippen molar-refractivity contribution in [2.75, 3.05) is 0 Å². The predicted octanol–water partition coefficient (Wildman–Crippen LogP) is 1.85. The second-order valence-corrected chi connectivity index (χ2v) is 4.17. The zero-order valence-corrected chi connectivity index (χ0v) is 10.9. The third-order valence-corrected chi connectivity index (χ3v) is 2.67. The van der Waals surface area contributed by atoms with Crippen molar-refractivity contribution in [1.29, 1.82) is 0 Å². The number of amides is 1. The molecular formula is C15H12N2O4. The van der Waals surface area contributed by atoms with Crippen LogP contribution in [0.1, 0.15) is 26.3 Å². The van der Waals surface area contributed by atoms with E-state index in [-0.39, 0.29) is 11.3 Å². The molecule has 0 fully saturated rings. The Kier molecular flexibility index (Phi) is 4.30. The molecule has 6 nitrogen and oxygen atoms in total. The van der Waals surface area contributed by atoms with Crippen LogP contribution >= 0.6 is 0 Å². The number of hydrogen-bond acceptors (Lipinski definition) is 4. The van der Waals surface area contributed by atoms with Crippen LogP contribution in [0.3, 0.4) is 0 Å². The molecule has 0 radical (unpaired) electrons. The van der Waals surface area contributed by atoms with Crippen molar-refractivity contribution in [2.45, 2.75) is 0 Å². The van der Waals surface area contributed by atoms with Gasteiger partial charge in [0.05, 0.1) is 11.8 Å². The number of nitrogens with zero attached hydrogens (tertiary/aromatic N) is 1. The van der Waals surface area contributed by atoms with Crippen molar-refractivity contribution in [1.82, 2.24) is 5.43 Å². The van der Waals surface area contributed by atoms with Crippen LogP contribution in [0.5, 0.6) is 5.75 Å². The summed E-state index contributed by atoms with van der Waals surface area (Å²) in [5.41, 5.74) is 3.54. The van der Waals surface area contributed by atoms with Crippen molar-refractivity contribution in [3.63, 3.8) is 0 Å². The summed E-state index contributed by atoms with van der Waals surface area (Å²) in [6.45, 7) is 0. The van der Waals surface area contributed by atoms with Crippen LogP contribution in [0.25, 0.3) is 0 Å². The van der Waals surface area contributed by atoms with Gasteiger partial charge in [-0.15, -0.1) is 0 Å². The Bertz CT molecular complexity index is 676. The van der Waals surface area contributed by atoms with Gasteiger partial charge in [0.25, 0.3) is 5.91 Å². The molecule has 3 N–H and O–H groups in total. The molecule has 0 aliphatic rings. The Hall–Kier alpha value is -3.15. The fourth-order valence-corrected chi connectivity index (χ4v) is 1.55. The summed E-state index contributed by atoms with van der Waals surface area (Å²) in [4.78, 5) is 22.4. The maximum absolute atomic E-state index is 11.7. The van der Waals surface area contributed by atoms with E-state index >= 15 is 0 Å². The summed E-state index contributed by atoms with van der Waals surface area (Å²) in [7, 11) is 0. The fourth-order valence-electron chi connectivity index (χ4n) is 1.55. The molecule has 21 heavy (non-hydrogen) atoms. The molecule has 0 aromatic heterocycles. The summed E-state index contributed by atoms with van der Waals surface area (Å²) >= 11 is 0. The standard InChI is InChI=1S/C15H12N2O4/c18-13-7-5-11(6-8-13)14(19)17-16-9-10-1-3-12(4-2-10)15(20)21/h1-9,18H,(H,17,19)(H,20,21)/b16-9+. The number of carbonyl (C=O) groups excluding carboxylic acids is 1. The van der Waals surface area contributed by atoms with E-state index in [1.807, 2.05) is 0 Å². The number of hydrogen-bond donors (Lipinski definition) is 3. The molecule has 0 aliphatic carbocycles. The maximum atomic E-state index is 11.7. The van der Waals surface area contributed by atoms with Crippen LogP contribution in [0.4, 0.5) is 0 Å². The zero-order valence-electron chi connectivity index (χ0n) is 10.9. The van der Waals surface area contributed by atoms with Crippen molar-refractivity contribution in [2.24, 2.45) is 5.10 Å². The topological polar surface area (TPSA) is 99.0 Å². The summed E-state index contributed by atoms with van der Waals surface area (Å²) in [5, 5.41) is 21.7. The number of carbonyl (C=O) groups is 2. The first-order valence-electron chi connectivity index (χ1n) is 6.02. The van der Waals surface area contributed by atoms with Gasteiger partial charge in [0.1, 0.15) is 5.75 Å². The number of phenolic OH excluding ortho intramolecular Hbond substituents is 1. The predicted molar refractivity (Wildman–Crippen MR) is 76.6 cm³/mol. The van der Waals surface area contributed by atoms with Gasteiger partial charge in [0.15, 0.2) is 0 Å². The highest BCUT2D eigenvalue weighted by atomic mass is 16.4. The molecule has 0 saturated heterocycles. The molecule has 0 aliphatic heterocycles. The molecule has 2 aromatic carbocycles. The van der Waals surface area contributed by atoms with E-state index in [4.69, 9.17) is 10.2 Å². The number of aromatic hydroxyl groups is 1. The van der Waals surface area contributed by atoms with E-state index in [0.29, 0.717) is 11.1 Å². The van der Waals surface area contributed by atoms with Crippen LogP contribution in [0.2, 0.25) is 0 Å². The lowest BCUT2D eigenvalue weighted by Crippen LogP contribution is -2.17. The zero-order chi connectivity index (χ0) is 15.2. The van der Waals surface area contributed by atoms with Crippen molar-refractivity contribution >= 4 is 18.1 Å². The lowest BCUT2D eigenvalue weighted by Gasteiger charge is -2.00. The van der Waals surface area contributed by atoms with Crippen LogP contribution < -0.4 is 5.43 Å². The quantitative estimate of drug-likeness (QED) is 0.589. The first kappa shape index (κ1) is 14.3. The summed E-state index contributed by atoms with van der Waals surface area (Å²) in [5.74, 6) is -1.33. The molecule has 0 unspecified atom stereocenters. The van der Waals surface area contributed by atoms with Crippen LogP contribution in [0.15, 0.2) is 53.6 Å². The molecular weight excluding hydrogens is 272 g/mol. The Balaban J connectivity index is 1.97. The average Bonchev–Trinajstić information content (AvgIpc) is 2.48. The van der Waals surface area contributed by atoms with E-state index in [9.17, 15) is 9.59 Å². The number of benzene rings is 2. The minimum absolute atomic E-state index is 0.0774. The van der Waals surface area contributed by atoms with E-state index in [1.54, 1.807) is 12.1 Å². The number of phenols is 1. The highest BCUT2D eigenvalue weighted by Gasteiger charge is 2.03.